The van der Waals surface area contributed by atoms with Gasteiger partial charge in [-0.15, -0.1) is 0 Å². The molecule has 6 heteroatoms. The number of rotatable bonds is 3. The first-order chi connectivity index (χ1) is 10.1. The molecule has 0 saturated carbocycles. The molecule has 2 heterocycles. The first kappa shape index (κ1) is 13.1. The van der Waals surface area contributed by atoms with E-state index in [9.17, 15) is 4.79 Å². The summed E-state index contributed by atoms with van der Waals surface area (Å²) >= 11 is 0. The fraction of sp³-hybridized carbons (Fsp3) is 0.0667. The van der Waals surface area contributed by atoms with E-state index in [-0.39, 0.29) is 5.56 Å². The molecule has 0 radical (unpaired) electrons. The van der Waals surface area contributed by atoms with Crippen LogP contribution in [-0.4, -0.2) is 15.5 Å². The lowest BCUT2D eigenvalue weighted by atomic mass is 10.1. The lowest BCUT2D eigenvalue weighted by Gasteiger charge is -2.02. The molecule has 2 aromatic heterocycles. The molecule has 3 aromatic rings. The highest BCUT2D eigenvalue weighted by molar-refractivity contribution is 6.01. The molecule has 0 spiro atoms. The second-order valence-corrected chi connectivity index (χ2v) is 4.80. The zero-order valence-electron chi connectivity index (χ0n) is 11.3. The number of amides is 1. The second kappa shape index (κ2) is 4.92. The van der Waals surface area contributed by atoms with Crippen molar-refractivity contribution in [3.8, 4) is 11.1 Å². The van der Waals surface area contributed by atoms with Crippen LogP contribution in [-0.2, 0) is 6.54 Å². The average Bonchev–Trinajstić information content (AvgIpc) is 2.92. The van der Waals surface area contributed by atoms with E-state index in [4.69, 9.17) is 17.2 Å². The van der Waals surface area contributed by atoms with Crippen LogP contribution in [0.2, 0.25) is 0 Å². The number of hydrogen-bond acceptors (Lipinski definition) is 4. The van der Waals surface area contributed by atoms with Crippen LogP contribution in [0.5, 0.6) is 0 Å². The molecule has 0 aliphatic heterocycles. The number of primary amides is 1. The predicted molar refractivity (Wildman–Crippen MR) is 81.4 cm³/mol. The van der Waals surface area contributed by atoms with Gasteiger partial charge in [-0.3, -0.25) is 4.79 Å². The maximum absolute atomic E-state index is 11.3. The standard InChI is InChI=1S/C15H15N5O/c16-6-9-2-1-3-10(4-9)11-5-13-14(17)12(15(18)21)7-19-20(13)8-11/h1-5,7-8H,6,16-17H2,(H2,18,21). The van der Waals surface area contributed by atoms with Crippen LogP contribution in [0.15, 0.2) is 42.7 Å². The molecule has 0 bridgehead atoms. The van der Waals surface area contributed by atoms with Gasteiger partial charge in [-0.05, 0) is 23.3 Å². The molecule has 0 saturated heterocycles. The van der Waals surface area contributed by atoms with Crippen molar-refractivity contribution in [2.75, 3.05) is 5.73 Å². The Morgan fingerprint density at radius 1 is 1.24 bits per heavy atom. The van der Waals surface area contributed by atoms with Gasteiger partial charge in [-0.25, -0.2) is 4.52 Å². The van der Waals surface area contributed by atoms with Crippen molar-refractivity contribution in [2.24, 2.45) is 11.5 Å². The number of benzene rings is 1. The van der Waals surface area contributed by atoms with Crippen molar-refractivity contribution in [1.29, 1.82) is 0 Å². The molecule has 106 valence electrons. The Bertz CT molecular complexity index is 837. The number of carbonyl (C=O) groups is 1. The summed E-state index contributed by atoms with van der Waals surface area (Å²) in [6.45, 7) is 0.480. The highest BCUT2D eigenvalue weighted by Gasteiger charge is 2.12. The quantitative estimate of drug-likeness (QED) is 0.668. The number of fused-ring (bicyclic) bond motifs is 1. The molecule has 21 heavy (non-hydrogen) atoms. The zero-order valence-corrected chi connectivity index (χ0v) is 11.3. The van der Waals surface area contributed by atoms with Crippen molar-refractivity contribution in [1.82, 2.24) is 9.61 Å². The number of nitrogens with zero attached hydrogens (tertiary/aromatic N) is 2. The van der Waals surface area contributed by atoms with Crippen LogP contribution in [0.25, 0.3) is 16.6 Å². The molecule has 0 fully saturated rings. The second-order valence-electron chi connectivity index (χ2n) is 4.80. The fourth-order valence-corrected chi connectivity index (χ4v) is 2.31. The highest BCUT2D eigenvalue weighted by Crippen LogP contribution is 2.27. The van der Waals surface area contributed by atoms with Gasteiger partial charge in [-0.1, -0.05) is 18.2 Å². The van der Waals surface area contributed by atoms with E-state index in [2.05, 4.69) is 5.10 Å². The molecule has 0 aliphatic rings. The summed E-state index contributed by atoms with van der Waals surface area (Å²) in [6, 6.07) is 9.80. The van der Waals surface area contributed by atoms with E-state index in [1.807, 2.05) is 36.5 Å². The summed E-state index contributed by atoms with van der Waals surface area (Å²) in [7, 11) is 0. The minimum absolute atomic E-state index is 0.225. The third kappa shape index (κ3) is 2.21. The molecule has 0 aliphatic carbocycles. The molecule has 6 N–H and O–H groups in total. The molecule has 1 aromatic carbocycles. The monoisotopic (exact) mass is 281 g/mol. The van der Waals surface area contributed by atoms with Gasteiger partial charge in [0, 0.05) is 18.3 Å². The summed E-state index contributed by atoms with van der Waals surface area (Å²) in [5, 5.41) is 4.16. The van der Waals surface area contributed by atoms with Crippen LogP contribution in [0.1, 0.15) is 15.9 Å². The van der Waals surface area contributed by atoms with E-state index in [0.717, 1.165) is 16.7 Å². The third-order valence-electron chi connectivity index (χ3n) is 3.44. The van der Waals surface area contributed by atoms with Crippen molar-refractivity contribution in [3.05, 3.63) is 53.9 Å². The molecule has 6 nitrogen and oxygen atoms in total. The van der Waals surface area contributed by atoms with Crippen LogP contribution in [0.4, 0.5) is 5.69 Å². The van der Waals surface area contributed by atoms with Gasteiger partial charge in [-0.2, -0.15) is 5.10 Å². The number of nitrogens with two attached hydrogens (primary N) is 3. The zero-order chi connectivity index (χ0) is 15.0. The largest absolute Gasteiger partial charge is 0.396 e. The maximum atomic E-state index is 11.3. The van der Waals surface area contributed by atoms with Crippen molar-refractivity contribution < 1.29 is 4.79 Å². The van der Waals surface area contributed by atoms with Crippen molar-refractivity contribution >= 4 is 17.1 Å². The molecule has 0 unspecified atom stereocenters. The molecule has 0 atom stereocenters. The summed E-state index contributed by atoms with van der Waals surface area (Å²) in [5.74, 6) is -0.588. The number of anilines is 1. The lowest BCUT2D eigenvalue weighted by Crippen LogP contribution is -2.15. The van der Waals surface area contributed by atoms with Crippen LogP contribution in [0.3, 0.4) is 0 Å². The van der Waals surface area contributed by atoms with Crippen molar-refractivity contribution in [3.63, 3.8) is 0 Å². The Labute approximate surface area is 121 Å². The molecule has 3 rings (SSSR count). The van der Waals surface area contributed by atoms with E-state index in [1.54, 1.807) is 4.52 Å². The van der Waals surface area contributed by atoms with Crippen LogP contribution in [0, 0.1) is 0 Å². The summed E-state index contributed by atoms with van der Waals surface area (Å²) < 4.78 is 1.63. The third-order valence-corrected chi connectivity index (χ3v) is 3.44. The van der Waals surface area contributed by atoms with Gasteiger partial charge in [0.15, 0.2) is 0 Å². The normalized spacial score (nSPS) is 10.9. The average molecular weight is 281 g/mol. The first-order valence-corrected chi connectivity index (χ1v) is 6.46. The molecular weight excluding hydrogens is 266 g/mol. The Morgan fingerprint density at radius 2 is 2.05 bits per heavy atom. The number of nitrogen functional groups attached to an aromatic ring is 1. The Kier molecular flexibility index (Phi) is 3.08. The van der Waals surface area contributed by atoms with E-state index in [0.29, 0.717) is 17.7 Å². The smallest absolute Gasteiger partial charge is 0.252 e. The number of carbonyl (C=O) groups excluding carboxylic acids is 1. The SMILES string of the molecule is NCc1cccc(-c2cc3c(N)c(C(N)=O)cnn3c2)c1. The Hall–Kier alpha value is -2.86. The Morgan fingerprint density at radius 3 is 2.76 bits per heavy atom. The number of hydrogen-bond donors (Lipinski definition) is 3. The van der Waals surface area contributed by atoms with Crippen LogP contribution < -0.4 is 17.2 Å². The lowest BCUT2D eigenvalue weighted by molar-refractivity contribution is 0.100. The van der Waals surface area contributed by atoms with E-state index >= 15 is 0 Å². The van der Waals surface area contributed by atoms with Gasteiger partial charge >= 0.3 is 0 Å². The van der Waals surface area contributed by atoms with Gasteiger partial charge in [0.25, 0.3) is 5.91 Å². The van der Waals surface area contributed by atoms with Gasteiger partial charge in [0.1, 0.15) is 0 Å². The van der Waals surface area contributed by atoms with Gasteiger partial charge in [0.2, 0.25) is 0 Å². The van der Waals surface area contributed by atoms with E-state index in [1.165, 1.54) is 6.20 Å². The first-order valence-electron chi connectivity index (χ1n) is 6.46. The number of aromatic nitrogens is 2. The van der Waals surface area contributed by atoms with E-state index < -0.39 is 5.91 Å². The fourth-order valence-electron chi connectivity index (χ4n) is 2.31. The topological polar surface area (TPSA) is 112 Å². The van der Waals surface area contributed by atoms with Crippen molar-refractivity contribution in [2.45, 2.75) is 6.54 Å². The molecular formula is C15H15N5O. The van der Waals surface area contributed by atoms with Gasteiger partial charge < -0.3 is 17.2 Å². The minimum Gasteiger partial charge on any atom is -0.396 e. The summed E-state index contributed by atoms with van der Waals surface area (Å²) in [5.41, 5.74) is 21.1. The summed E-state index contributed by atoms with van der Waals surface area (Å²) in [4.78, 5) is 11.3. The summed E-state index contributed by atoms with van der Waals surface area (Å²) in [6.07, 6.45) is 3.23. The molecule has 1 amide bonds. The predicted octanol–water partition coefficient (Wildman–Crippen LogP) is 1.14. The minimum atomic E-state index is -0.588. The highest BCUT2D eigenvalue weighted by atomic mass is 16.1. The Balaban J connectivity index is 2.17. The van der Waals surface area contributed by atoms with Gasteiger partial charge in [0.05, 0.1) is 23.0 Å². The van der Waals surface area contributed by atoms with Crippen LogP contribution >= 0.6 is 0 Å². The maximum Gasteiger partial charge on any atom is 0.252 e.